The van der Waals surface area contributed by atoms with Gasteiger partial charge in [-0.05, 0) is 5.92 Å². The van der Waals surface area contributed by atoms with Crippen LogP contribution in [-0.4, -0.2) is 56.2 Å². The molecule has 3 N–H and O–H groups in total. The molecular weight excluding hydrogens is 230 g/mol. The van der Waals surface area contributed by atoms with E-state index in [2.05, 4.69) is 24.1 Å². The summed E-state index contributed by atoms with van der Waals surface area (Å²) in [6, 6.07) is -0.0635. The van der Waals surface area contributed by atoms with Crippen molar-refractivity contribution in [3.05, 3.63) is 0 Å². The summed E-state index contributed by atoms with van der Waals surface area (Å²) in [5, 5.41) is 3.20. The van der Waals surface area contributed by atoms with Crippen LogP contribution >= 0.6 is 0 Å². The predicted octanol–water partition coefficient (Wildman–Crippen LogP) is 0.443. The van der Waals surface area contributed by atoms with E-state index in [1.807, 2.05) is 13.8 Å². The van der Waals surface area contributed by atoms with Crippen molar-refractivity contribution in [2.45, 2.75) is 39.8 Å². The zero-order chi connectivity index (χ0) is 14.1. The third-order valence-corrected chi connectivity index (χ3v) is 2.55. The minimum atomic E-state index is -0.305. The van der Waals surface area contributed by atoms with Gasteiger partial charge in [-0.25, -0.2) is 0 Å². The Hall–Kier alpha value is -0.650. The summed E-state index contributed by atoms with van der Waals surface area (Å²) in [6.07, 6.45) is 0. The van der Waals surface area contributed by atoms with Gasteiger partial charge in [0.25, 0.3) is 0 Å². The van der Waals surface area contributed by atoms with Crippen molar-refractivity contribution in [3.8, 4) is 0 Å². The smallest absolute Gasteiger partial charge is 0.235 e. The van der Waals surface area contributed by atoms with Crippen LogP contribution in [0, 0.1) is 5.92 Å². The maximum absolute atomic E-state index is 11.4. The minimum absolute atomic E-state index is 0.242. The van der Waals surface area contributed by atoms with E-state index in [1.54, 1.807) is 7.11 Å². The van der Waals surface area contributed by atoms with Gasteiger partial charge in [-0.15, -0.1) is 0 Å². The number of carbonyl (C=O) groups excluding carboxylic acids is 1. The highest BCUT2D eigenvalue weighted by Crippen LogP contribution is 2.01. The summed E-state index contributed by atoms with van der Waals surface area (Å²) in [6.45, 7) is 11.4. The van der Waals surface area contributed by atoms with Crippen molar-refractivity contribution in [1.29, 1.82) is 0 Å². The number of carbonyl (C=O) groups is 1. The maximum Gasteiger partial charge on any atom is 0.235 e. The Morgan fingerprint density at radius 2 is 1.89 bits per heavy atom. The third-order valence-electron chi connectivity index (χ3n) is 2.55. The predicted molar refractivity (Wildman–Crippen MR) is 74.4 cm³/mol. The number of amides is 1. The van der Waals surface area contributed by atoms with E-state index in [-0.39, 0.29) is 18.0 Å². The molecule has 0 bridgehead atoms. The first-order valence-electron chi connectivity index (χ1n) is 6.63. The summed E-state index contributed by atoms with van der Waals surface area (Å²) in [4.78, 5) is 13.7. The molecule has 0 aromatic heterocycles. The number of nitrogens with two attached hydrogens (primary N) is 1. The Balaban J connectivity index is 4.42. The van der Waals surface area contributed by atoms with Crippen LogP contribution in [0.15, 0.2) is 0 Å². The van der Waals surface area contributed by atoms with Gasteiger partial charge in [0, 0.05) is 32.8 Å². The van der Waals surface area contributed by atoms with Gasteiger partial charge in [-0.2, -0.15) is 0 Å². The van der Waals surface area contributed by atoms with Gasteiger partial charge in [0.15, 0.2) is 0 Å². The topological polar surface area (TPSA) is 67.6 Å². The van der Waals surface area contributed by atoms with E-state index in [9.17, 15) is 4.79 Å². The first-order chi connectivity index (χ1) is 8.36. The number of nitrogens with zero attached hydrogens (tertiary/aromatic N) is 1. The second-order valence-electron chi connectivity index (χ2n) is 5.42. The first-order valence-corrected chi connectivity index (χ1v) is 6.63. The van der Waals surface area contributed by atoms with Crippen LogP contribution in [0.4, 0.5) is 0 Å². The van der Waals surface area contributed by atoms with Crippen molar-refractivity contribution in [2.75, 3.05) is 33.4 Å². The molecule has 0 spiro atoms. The minimum Gasteiger partial charge on any atom is -0.383 e. The number of rotatable bonds is 10. The Morgan fingerprint density at radius 3 is 2.28 bits per heavy atom. The lowest BCUT2D eigenvalue weighted by molar-refractivity contribution is -0.120. The third kappa shape index (κ3) is 8.44. The first kappa shape index (κ1) is 17.4. The van der Waals surface area contributed by atoms with Gasteiger partial charge in [0.05, 0.1) is 12.6 Å². The standard InChI is InChI=1S/C13H29N3O2/c1-10(2)8-16(6-7-18-5)9-12(13(14)17)15-11(3)4/h10-12,15H,6-9H2,1-5H3,(H2,14,17). The summed E-state index contributed by atoms with van der Waals surface area (Å²) >= 11 is 0. The van der Waals surface area contributed by atoms with Gasteiger partial charge in [-0.3, -0.25) is 9.69 Å². The molecule has 0 aromatic carbocycles. The van der Waals surface area contributed by atoms with Crippen molar-refractivity contribution in [3.63, 3.8) is 0 Å². The average Bonchev–Trinajstić information content (AvgIpc) is 2.23. The normalized spacial score (nSPS) is 13.6. The monoisotopic (exact) mass is 259 g/mol. The molecular formula is C13H29N3O2. The lowest BCUT2D eigenvalue weighted by Gasteiger charge is -2.28. The van der Waals surface area contributed by atoms with Crippen LogP contribution in [0.3, 0.4) is 0 Å². The van der Waals surface area contributed by atoms with Crippen molar-refractivity contribution < 1.29 is 9.53 Å². The highest BCUT2D eigenvalue weighted by molar-refractivity contribution is 5.80. The van der Waals surface area contributed by atoms with Crippen LogP contribution in [0.2, 0.25) is 0 Å². The molecule has 0 fully saturated rings. The second kappa shape index (κ2) is 9.30. The van der Waals surface area contributed by atoms with Crippen LogP contribution in [0.5, 0.6) is 0 Å². The number of hydrogen-bond donors (Lipinski definition) is 2. The molecule has 5 nitrogen and oxygen atoms in total. The highest BCUT2D eigenvalue weighted by Gasteiger charge is 2.20. The quantitative estimate of drug-likeness (QED) is 0.597. The number of hydrogen-bond acceptors (Lipinski definition) is 4. The summed E-state index contributed by atoms with van der Waals surface area (Å²) in [7, 11) is 1.69. The van der Waals surface area contributed by atoms with Gasteiger partial charge in [0.2, 0.25) is 5.91 Å². The zero-order valence-electron chi connectivity index (χ0n) is 12.4. The molecule has 0 heterocycles. The summed E-state index contributed by atoms with van der Waals surface area (Å²) in [5.41, 5.74) is 5.43. The van der Waals surface area contributed by atoms with Gasteiger partial charge in [0.1, 0.15) is 0 Å². The molecule has 0 aliphatic carbocycles. The van der Waals surface area contributed by atoms with Gasteiger partial charge < -0.3 is 15.8 Å². The molecule has 0 aliphatic rings. The number of ether oxygens (including phenoxy) is 1. The average molecular weight is 259 g/mol. The molecule has 0 rings (SSSR count). The second-order valence-corrected chi connectivity index (χ2v) is 5.42. The van der Waals surface area contributed by atoms with E-state index < -0.39 is 0 Å². The lowest BCUT2D eigenvalue weighted by atomic mass is 10.1. The molecule has 1 atom stereocenters. The molecule has 0 radical (unpaired) electrons. The SMILES string of the molecule is COCCN(CC(C)C)CC(NC(C)C)C(N)=O. The van der Waals surface area contributed by atoms with Crippen LogP contribution in [0.25, 0.3) is 0 Å². The molecule has 18 heavy (non-hydrogen) atoms. The lowest BCUT2D eigenvalue weighted by Crippen LogP contribution is -2.52. The molecule has 0 aromatic rings. The van der Waals surface area contributed by atoms with Crippen LogP contribution < -0.4 is 11.1 Å². The van der Waals surface area contributed by atoms with Crippen molar-refractivity contribution >= 4 is 5.91 Å². The Labute approximate surface area is 111 Å². The largest absolute Gasteiger partial charge is 0.383 e. The van der Waals surface area contributed by atoms with Gasteiger partial charge >= 0.3 is 0 Å². The Morgan fingerprint density at radius 1 is 1.28 bits per heavy atom. The van der Waals surface area contributed by atoms with Crippen LogP contribution in [0.1, 0.15) is 27.7 Å². The Bertz CT molecular complexity index is 232. The van der Waals surface area contributed by atoms with E-state index in [0.29, 0.717) is 19.1 Å². The van der Waals surface area contributed by atoms with E-state index in [0.717, 1.165) is 13.1 Å². The fourth-order valence-corrected chi connectivity index (χ4v) is 1.88. The summed E-state index contributed by atoms with van der Waals surface area (Å²) < 4.78 is 5.10. The zero-order valence-corrected chi connectivity index (χ0v) is 12.4. The highest BCUT2D eigenvalue weighted by atomic mass is 16.5. The van der Waals surface area contributed by atoms with Crippen LogP contribution in [-0.2, 0) is 9.53 Å². The molecule has 0 saturated carbocycles. The number of primary amides is 1. The summed E-state index contributed by atoms with van der Waals surface area (Å²) in [5.74, 6) is 0.254. The molecule has 1 amide bonds. The molecule has 1 unspecified atom stereocenters. The molecule has 0 aliphatic heterocycles. The van der Waals surface area contributed by atoms with Crippen molar-refractivity contribution in [1.82, 2.24) is 10.2 Å². The fraction of sp³-hybridized carbons (Fsp3) is 0.923. The molecule has 5 heteroatoms. The van der Waals surface area contributed by atoms with Gasteiger partial charge in [-0.1, -0.05) is 27.7 Å². The number of methoxy groups -OCH3 is 1. The van der Waals surface area contributed by atoms with E-state index >= 15 is 0 Å². The molecule has 0 saturated heterocycles. The Kier molecular flexibility index (Phi) is 8.97. The fourth-order valence-electron chi connectivity index (χ4n) is 1.88. The van der Waals surface area contributed by atoms with E-state index in [1.165, 1.54) is 0 Å². The molecule has 108 valence electrons. The van der Waals surface area contributed by atoms with Crippen molar-refractivity contribution in [2.24, 2.45) is 11.7 Å². The number of nitrogens with one attached hydrogen (secondary N) is 1. The maximum atomic E-state index is 11.4. The van der Waals surface area contributed by atoms with E-state index in [4.69, 9.17) is 10.5 Å².